The quantitative estimate of drug-likeness (QED) is 0.847. The third-order valence-electron chi connectivity index (χ3n) is 6.19. The minimum Gasteiger partial charge on any atom is -0.323 e. The zero-order valence-corrected chi connectivity index (χ0v) is 15.2. The smallest absolute Gasteiger partial charge is 0.323 e. The highest BCUT2D eigenvalue weighted by atomic mass is 16.2. The highest BCUT2D eigenvalue weighted by molar-refractivity contribution is 6.07. The van der Waals surface area contributed by atoms with Gasteiger partial charge in [0.05, 0.1) is 6.54 Å². The van der Waals surface area contributed by atoms with E-state index < -0.39 is 5.54 Å². The van der Waals surface area contributed by atoms with Crippen LogP contribution in [0.3, 0.4) is 0 Å². The summed E-state index contributed by atoms with van der Waals surface area (Å²) in [5.74, 6) is 1.88. The van der Waals surface area contributed by atoms with Crippen molar-refractivity contribution in [1.82, 2.24) is 25.0 Å². The number of nitrogens with one attached hydrogen (secondary N) is 1. The van der Waals surface area contributed by atoms with E-state index in [0.29, 0.717) is 24.6 Å². The van der Waals surface area contributed by atoms with Crippen LogP contribution in [0.15, 0.2) is 30.3 Å². The van der Waals surface area contributed by atoms with Crippen molar-refractivity contribution >= 4 is 11.9 Å². The molecule has 27 heavy (non-hydrogen) atoms. The summed E-state index contributed by atoms with van der Waals surface area (Å²) in [5.41, 5.74) is 0.491. The standard InChI is InChI=1S/C20H23N5O2/c26-18-20(11-15(12-20)14-7-3-1-4-8-14)21-19(27)25(18)13-17-23-22-16-9-5-2-6-10-24(16)17/h1,3-4,7-8,15H,2,5-6,9-13H2,(H,21,27). The molecule has 0 radical (unpaired) electrons. The fourth-order valence-corrected chi connectivity index (χ4v) is 4.64. The van der Waals surface area contributed by atoms with Gasteiger partial charge < -0.3 is 9.88 Å². The molecule has 1 saturated heterocycles. The Morgan fingerprint density at radius 3 is 2.70 bits per heavy atom. The van der Waals surface area contributed by atoms with Gasteiger partial charge in [0.2, 0.25) is 0 Å². The van der Waals surface area contributed by atoms with Gasteiger partial charge in [0.25, 0.3) is 5.91 Å². The number of hydrogen-bond acceptors (Lipinski definition) is 4. The van der Waals surface area contributed by atoms with Gasteiger partial charge in [0, 0.05) is 13.0 Å². The van der Waals surface area contributed by atoms with Crippen LogP contribution in [0.1, 0.15) is 55.2 Å². The molecule has 0 bridgehead atoms. The average Bonchev–Trinajstić information content (AvgIpc) is 3.03. The van der Waals surface area contributed by atoms with E-state index in [1.54, 1.807) is 0 Å². The fourth-order valence-electron chi connectivity index (χ4n) is 4.64. The molecule has 1 N–H and O–H groups in total. The summed E-state index contributed by atoms with van der Waals surface area (Å²) in [5, 5.41) is 11.5. The Hall–Kier alpha value is -2.70. The lowest BCUT2D eigenvalue weighted by Gasteiger charge is -2.42. The number of fused-ring (bicyclic) bond motifs is 1. The first-order valence-electron chi connectivity index (χ1n) is 9.76. The van der Waals surface area contributed by atoms with Crippen LogP contribution in [0.2, 0.25) is 0 Å². The van der Waals surface area contributed by atoms with E-state index in [4.69, 9.17) is 0 Å². The molecular formula is C20H23N5O2. The average molecular weight is 365 g/mol. The summed E-state index contributed by atoms with van der Waals surface area (Å²) in [6.45, 7) is 1.07. The molecule has 0 unspecified atom stereocenters. The van der Waals surface area contributed by atoms with Gasteiger partial charge in [-0.3, -0.25) is 9.69 Å². The highest BCUT2D eigenvalue weighted by Gasteiger charge is 2.58. The van der Waals surface area contributed by atoms with Crippen LogP contribution in [0.4, 0.5) is 4.79 Å². The number of urea groups is 1. The van der Waals surface area contributed by atoms with Crippen molar-refractivity contribution in [2.75, 3.05) is 0 Å². The molecule has 1 spiro atoms. The van der Waals surface area contributed by atoms with Gasteiger partial charge >= 0.3 is 6.03 Å². The minimum atomic E-state index is -0.737. The predicted octanol–water partition coefficient (Wildman–Crippen LogP) is 2.37. The number of aromatic nitrogens is 3. The normalized spacial score (nSPS) is 27.3. The number of carbonyl (C=O) groups excluding carboxylic acids is 2. The van der Waals surface area contributed by atoms with E-state index >= 15 is 0 Å². The maximum Gasteiger partial charge on any atom is 0.325 e. The molecule has 2 fully saturated rings. The zero-order valence-electron chi connectivity index (χ0n) is 15.2. The van der Waals surface area contributed by atoms with Crippen LogP contribution >= 0.6 is 0 Å². The molecule has 1 aromatic carbocycles. The zero-order chi connectivity index (χ0) is 18.4. The van der Waals surface area contributed by atoms with Gasteiger partial charge in [0.15, 0.2) is 5.82 Å². The van der Waals surface area contributed by atoms with Crippen LogP contribution in [-0.2, 0) is 24.3 Å². The molecule has 3 amide bonds. The Morgan fingerprint density at radius 1 is 1.07 bits per heavy atom. The van der Waals surface area contributed by atoms with Crippen molar-refractivity contribution in [2.45, 2.75) is 63.1 Å². The summed E-state index contributed by atoms with van der Waals surface area (Å²) in [7, 11) is 0. The van der Waals surface area contributed by atoms with E-state index in [-0.39, 0.29) is 18.5 Å². The SMILES string of the molecule is O=C1NC2(CC(c3ccccc3)C2)C(=O)N1Cc1nnc2n1CCCCC2. The molecule has 2 aliphatic heterocycles. The van der Waals surface area contributed by atoms with Crippen LogP contribution < -0.4 is 5.32 Å². The number of carbonyl (C=O) groups is 2. The number of nitrogens with zero attached hydrogens (tertiary/aromatic N) is 4. The van der Waals surface area contributed by atoms with Gasteiger partial charge in [-0.15, -0.1) is 10.2 Å². The number of aryl methyl sites for hydroxylation is 1. The largest absolute Gasteiger partial charge is 0.325 e. The lowest BCUT2D eigenvalue weighted by Crippen LogP contribution is -2.56. The Bertz CT molecular complexity index is 885. The Labute approximate surface area is 157 Å². The number of hydrogen-bond donors (Lipinski definition) is 1. The monoisotopic (exact) mass is 365 g/mol. The number of rotatable bonds is 3. The lowest BCUT2D eigenvalue weighted by molar-refractivity contribution is -0.135. The van der Waals surface area contributed by atoms with Gasteiger partial charge in [-0.05, 0) is 37.2 Å². The molecular weight excluding hydrogens is 342 g/mol. The minimum absolute atomic E-state index is 0.120. The number of amides is 3. The molecule has 5 rings (SSSR count). The van der Waals surface area contributed by atoms with Crippen LogP contribution in [0.5, 0.6) is 0 Å². The van der Waals surface area contributed by atoms with Gasteiger partial charge in [-0.2, -0.15) is 0 Å². The first kappa shape index (κ1) is 16.5. The second-order valence-electron chi connectivity index (χ2n) is 7.91. The fraction of sp³-hybridized carbons (Fsp3) is 0.500. The summed E-state index contributed by atoms with van der Waals surface area (Å²) in [6.07, 6.45) is 5.62. The topological polar surface area (TPSA) is 80.1 Å². The van der Waals surface area contributed by atoms with E-state index in [1.807, 2.05) is 18.2 Å². The van der Waals surface area contributed by atoms with Crippen molar-refractivity contribution < 1.29 is 9.59 Å². The Morgan fingerprint density at radius 2 is 1.89 bits per heavy atom. The molecule has 3 heterocycles. The van der Waals surface area contributed by atoms with E-state index in [0.717, 1.165) is 31.6 Å². The third-order valence-corrected chi connectivity index (χ3v) is 6.19. The molecule has 1 saturated carbocycles. The molecule has 3 aliphatic rings. The summed E-state index contributed by atoms with van der Waals surface area (Å²) in [6, 6.07) is 9.88. The van der Waals surface area contributed by atoms with Crippen molar-refractivity contribution in [3.8, 4) is 0 Å². The highest BCUT2D eigenvalue weighted by Crippen LogP contribution is 2.47. The molecule has 1 aromatic heterocycles. The summed E-state index contributed by atoms with van der Waals surface area (Å²) >= 11 is 0. The summed E-state index contributed by atoms with van der Waals surface area (Å²) in [4.78, 5) is 26.9. The van der Waals surface area contributed by atoms with Crippen molar-refractivity contribution in [1.29, 1.82) is 0 Å². The second kappa shape index (κ2) is 6.18. The van der Waals surface area contributed by atoms with E-state index in [2.05, 4.69) is 32.2 Å². The van der Waals surface area contributed by atoms with Gasteiger partial charge in [-0.25, -0.2) is 4.79 Å². The van der Waals surface area contributed by atoms with Crippen molar-refractivity contribution in [2.24, 2.45) is 0 Å². The van der Waals surface area contributed by atoms with Crippen LogP contribution in [0, 0.1) is 0 Å². The third kappa shape index (κ3) is 2.64. The molecule has 1 aliphatic carbocycles. The van der Waals surface area contributed by atoms with Crippen LogP contribution in [0.25, 0.3) is 0 Å². The van der Waals surface area contributed by atoms with Crippen LogP contribution in [-0.4, -0.2) is 37.1 Å². The number of benzene rings is 1. The second-order valence-corrected chi connectivity index (χ2v) is 7.91. The lowest BCUT2D eigenvalue weighted by atomic mass is 9.65. The Balaban J connectivity index is 1.32. The maximum atomic E-state index is 13.0. The number of imide groups is 1. The molecule has 140 valence electrons. The first-order valence-corrected chi connectivity index (χ1v) is 9.76. The van der Waals surface area contributed by atoms with Crippen molar-refractivity contribution in [3.05, 3.63) is 47.5 Å². The molecule has 2 aromatic rings. The van der Waals surface area contributed by atoms with E-state index in [1.165, 1.54) is 16.9 Å². The Kier molecular flexibility index (Phi) is 3.77. The predicted molar refractivity (Wildman–Crippen MR) is 97.8 cm³/mol. The first-order chi connectivity index (χ1) is 13.2. The molecule has 7 nitrogen and oxygen atoms in total. The van der Waals surface area contributed by atoms with Gasteiger partial charge in [0.1, 0.15) is 11.4 Å². The molecule has 0 atom stereocenters. The van der Waals surface area contributed by atoms with Crippen molar-refractivity contribution in [3.63, 3.8) is 0 Å². The maximum absolute atomic E-state index is 13.0. The van der Waals surface area contributed by atoms with Gasteiger partial charge in [-0.1, -0.05) is 36.8 Å². The van der Waals surface area contributed by atoms with E-state index in [9.17, 15) is 9.59 Å². The summed E-state index contributed by atoms with van der Waals surface area (Å²) < 4.78 is 2.09. The molecule has 7 heteroatoms.